The number of aryl methyl sites for hydroxylation is 1. The molecule has 0 radical (unpaired) electrons. The number of hydrogen-bond acceptors (Lipinski definition) is 3. The van der Waals surface area contributed by atoms with Crippen LogP contribution in [0.3, 0.4) is 0 Å². The summed E-state index contributed by atoms with van der Waals surface area (Å²) in [5.74, 6) is 0.0381. The van der Waals surface area contributed by atoms with Gasteiger partial charge in [-0.15, -0.1) is 0 Å². The molecule has 0 spiro atoms. The Morgan fingerprint density at radius 1 is 1.35 bits per heavy atom. The Kier molecular flexibility index (Phi) is 5.56. The molecule has 1 unspecified atom stereocenters. The van der Waals surface area contributed by atoms with E-state index in [2.05, 4.69) is 10.2 Å². The zero-order valence-corrected chi connectivity index (χ0v) is 12.1. The fourth-order valence-corrected chi connectivity index (χ4v) is 2.67. The Labute approximate surface area is 120 Å². The molecule has 1 aliphatic rings. The van der Waals surface area contributed by atoms with E-state index in [0.29, 0.717) is 6.42 Å². The zero-order chi connectivity index (χ0) is 14.4. The number of aliphatic hydroxyl groups is 1. The van der Waals surface area contributed by atoms with Gasteiger partial charge in [-0.25, -0.2) is 0 Å². The van der Waals surface area contributed by atoms with Crippen LogP contribution in [-0.4, -0.2) is 41.7 Å². The zero-order valence-electron chi connectivity index (χ0n) is 12.1. The average Bonchev–Trinajstić information content (AvgIpc) is 2.48. The highest BCUT2D eigenvalue weighted by Gasteiger charge is 2.21. The van der Waals surface area contributed by atoms with Crippen molar-refractivity contribution >= 4 is 11.6 Å². The molecule has 2 rings (SSSR count). The molecule has 4 nitrogen and oxygen atoms in total. The Balaban J connectivity index is 1.78. The highest BCUT2D eigenvalue weighted by molar-refractivity contribution is 5.90. The van der Waals surface area contributed by atoms with Crippen LogP contribution in [-0.2, 0) is 4.79 Å². The summed E-state index contributed by atoms with van der Waals surface area (Å²) in [4.78, 5) is 14.2. The molecule has 0 aliphatic carbocycles. The molecule has 1 fully saturated rings. The molecule has 0 aromatic heterocycles. The summed E-state index contributed by atoms with van der Waals surface area (Å²) >= 11 is 0. The molecule has 4 heteroatoms. The van der Waals surface area contributed by atoms with Gasteiger partial charge in [0.15, 0.2) is 0 Å². The number of carbonyl (C=O) groups is 1. The van der Waals surface area contributed by atoms with Crippen LogP contribution in [0.5, 0.6) is 0 Å². The van der Waals surface area contributed by atoms with Crippen LogP contribution in [0.2, 0.25) is 0 Å². The van der Waals surface area contributed by atoms with Crippen LogP contribution in [0.1, 0.15) is 31.2 Å². The summed E-state index contributed by atoms with van der Waals surface area (Å²) in [5.41, 5.74) is 2.03. The third-order valence-electron chi connectivity index (χ3n) is 3.92. The molecule has 20 heavy (non-hydrogen) atoms. The van der Waals surface area contributed by atoms with Crippen molar-refractivity contribution in [2.45, 2.75) is 38.6 Å². The predicted molar refractivity (Wildman–Crippen MR) is 80.7 cm³/mol. The van der Waals surface area contributed by atoms with Crippen molar-refractivity contribution < 1.29 is 9.90 Å². The fourth-order valence-electron chi connectivity index (χ4n) is 2.67. The monoisotopic (exact) mass is 276 g/mol. The summed E-state index contributed by atoms with van der Waals surface area (Å²) in [7, 11) is 0. The van der Waals surface area contributed by atoms with E-state index in [4.69, 9.17) is 0 Å². The molecule has 1 amide bonds. The van der Waals surface area contributed by atoms with E-state index >= 15 is 0 Å². The first-order valence-electron chi connectivity index (χ1n) is 7.40. The lowest BCUT2D eigenvalue weighted by molar-refractivity contribution is -0.116. The Bertz CT molecular complexity index is 431. The molecule has 1 aromatic carbocycles. The number of rotatable bonds is 5. The number of piperidine rings is 1. The largest absolute Gasteiger partial charge is 0.395 e. The lowest BCUT2D eigenvalue weighted by Gasteiger charge is -2.34. The molecule has 1 aliphatic heterocycles. The molecule has 0 bridgehead atoms. The maximum Gasteiger partial charge on any atom is 0.225 e. The molecule has 1 atom stereocenters. The van der Waals surface area contributed by atoms with Crippen molar-refractivity contribution in [3.05, 3.63) is 29.8 Å². The first-order chi connectivity index (χ1) is 9.69. The first kappa shape index (κ1) is 15.0. The van der Waals surface area contributed by atoms with E-state index in [1.807, 2.05) is 31.2 Å². The summed E-state index contributed by atoms with van der Waals surface area (Å²) in [5, 5.41) is 12.3. The van der Waals surface area contributed by atoms with Gasteiger partial charge in [0, 0.05) is 24.7 Å². The number of hydrogen-bond donors (Lipinski definition) is 2. The van der Waals surface area contributed by atoms with Crippen molar-refractivity contribution in [2.75, 3.05) is 25.0 Å². The van der Waals surface area contributed by atoms with Gasteiger partial charge in [0.05, 0.1) is 6.61 Å². The Hall–Kier alpha value is -1.39. The number of nitrogens with zero attached hydrogens (tertiary/aromatic N) is 1. The van der Waals surface area contributed by atoms with Gasteiger partial charge in [0.1, 0.15) is 0 Å². The Morgan fingerprint density at radius 2 is 2.10 bits per heavy atom. The van der Waals surface area contributed by atoms with E-state index in [0.717, 1.165) is 31.6 Å². The van der Waals surface area contributed by atoms with Gasteiger partial charge in [-0.05, 0) is 38.4 Å². The molecule has 1 aromatic rings. The number of nitrogens with one attached hydrogen (secondary N) is 1. The van der Waals surface area contributed by atoms with E-state index < -0.39 is 0 Å². The van der Waals surface area contributed by atoms with Crippen molar-refractivity contribution in [3.63, 3.8) is 0 Å². The lowest BCUT2D eigenvalue weighted by Crippen LogP contribution is -2.43. The lowest BCUT2D eigenvalue weighted by atomic mass is 10.0. The molecule has 2 N–H and O–H groups in total. The van der Waals surface area contributed by atoms with Gasteiger partial charge in [-0.1, -0.05) is 24.1 Å². The van der Waals surface area contributed by atoms with Gasteiger partial charge in [-0.2, -0.15) is 0 Å². The second-order valence-electron chi connectivity index (χ2n) is 5.53. The number of likely N-dealkylation sites (tertiary alicyclic amines) is 1. The maximum atomic E-state index is 11.9. The predicted octanol–water partition coefficient (Wildman–Crippen LogP) is 2.17. The summed E-state index contributed by atoms with van der Waals surface area (Å²) in [6.07, 6.45) is 3.85. The minimum Gasteiger partial charge on any atom is -0.395 e. The minimum absolute atomic E-state index is 0.0381. The average molecular weight is 276 g/mol. The quantitative estimate of drug-likeness (QED) is 0.866. The maximum absolute atomic E-state index is 11.9. The summed E-state index contributed by atoms with van der Waals surface area (Å²) in [6, 6.07) is 8.05. The second-order valence-corrected chi connectivity index (χ2v) is 5.53. The summed E-state index contributed by atoms with van der Waals surface area (Å²) < 4.78 is 0. The van der Waals surface area contributed by atoms with E-state index in [1.54, 1.807) is 0 Å². The van der Waals surface area contributed by atoms with Crippen LogP contribution in [0.4, 0.5) is 5.69 Å². The standard InChI is InChI=1S/C16H24N2O2/c1-13-5-7-14(8-6-13)17-16(20)9-11-18-10-3-2-4-15(18)12-19/h5-8,15,19H,2-4,9-12H2,1H3,(H,17,20). The SMILES string of the molecule is Cc1ccc(NC(=O)CCN2CCCCC2CO)cc1. The number of benzene rings is 1. The highest BCUT2D eigenvalue weighted by atomic mass is 16.3. The number of amides is 1. The molecular formula is C16H24N2O2. The number of carbonyl (C=O) groups excluding carboxylic acids is 1. The molecule has 1 heterocycles. The Morgan fingerprint density at radius 3 is 2.80 bits per heavy atom. The van der Waals surface area contributed by atoms with Crippen molar-refractivity contribution in [1.29, 1.82) is 0 Å². The number of aliphatic hydroxyl groups excluding tert-OH is 1. The van der Waals surface area contributed by atoms with Crippen LogP contribution in [0.25, 0.3) is 0 Å². The first-order valence-corrected chi connectivity index (χ1v) is 7.40. The highest BCUT2D eigenvalue weighted by Crippen LogP contribution is 2.17. The molecule has 110 valence electrons. The van der Waals surface area contributed by atoms with Gasteiger partial charge < -0.3 is 10.4 Å². The summed E-state index contributed by atoms with van der Waals surface area (Å²) in [6.45, 7) is 3.93. The smallest absolute Gasteiger partial charge is 0.225 e. The van der Waals surface area contributed by atoms with E-state index in [1.165, 1.54) is 12.0 Å². The van der Waals surface area contributed by atoms with Gasteiger partial charge in [0.2, 0.25) is 5.91 Å². The second kappa shape index (κ2) is 7.41. The van der Waals surface area contributed by atoms with Crippen LogP contribution in [0.15, 0.2) is 24.3 Å². The van der Waals surface area contributed by atoms with Gasteiger partial charge in [-0.3, -0.25) is 9.69 Å². The third kappa shape index (κ3) is 4.32. The van der Waals surface area contributed by atoms with Crippen molar-refractivity contribution in [1.82, 2.24) is 4.90 Å². The van der Waals surface area contributed by atoms with E-state index in [-0.39, 0.29) is 18.6 Å². The minimum atomic E-state index is 0.0381. The normalized spacial score (nSPS) is 19.8. The van der Waals surface area contributed by atoms with Gasteiger partial charge >= 0.3 is 0 Å². The van der Waals surface area contributed by atoms with Crippen molar-refractivity contribution in [2.24, 2.45) is 0 Å². The van der Waals surface area contributed by atoms with Crippen LogP contribution < -0.4 is 5.32 Å². The van der Waals surface area contributed by atoms with Gasteiger partial charge in [0.25, 0.3) is 0 Å². The van der Waals surface area contributed by atoms with E-state index in [9.17, 15) is 9.90 Å². The fraction of sp³-hybridized carbons (Fsp3) is 0.562. The molecular weight excluding hydrogens is 252 g/mol. The molecule has 0 saturated carbocycles. The van der Waals surface area contributed by atoms with Crippen molar-refractivity contribution in [3.8, 4) is 0 Å². The van der Waals surface area contributed by atoms with Crippen LogP contribution in [0, 0.1) is 6.92 Å². The topological polar surface area (TPSA) is 52.6 Å². The van der Waals surface area contributed by atoms with Crippen LogP contribution >= 0.6 is 0 Å². The number of anilines is 1. The molecule has 1 saturated heterocycles. The third-order valence-corrected chi connectivity index (χ3v) is 3.92.